The van der Waals surface area contributed by atoms with Crippen molar-refractivity contribution in [3.63, 3.8) is 0 Å². The fourth-order valence-electron chi connectivity index (χ4n) is 5.51. The van der Waals surface area contributed by atoms with E-state index >= 15 is 0 Å². The topological polar surface area (TPSA) is 74.3 Å². The Balaban J connectivity index is 1.43. The van der Waals surface area contributed by atoms with Crippen molar-refractivity contribution >= 4 is 34.2 Å². The van der Waals surface area contributed by atoms with Gasteiger partial charge in [0.1, 0.15) is 28.4 Å². The van der Waals surface area contributed by atoms with Gasteiger partial charge in [-0.2, -0.15) is 0 Å². The molecule has 5 rings (SSSR count). The average Bonchev–Trinajstić information content (AvgIpc) is 3.26. The van der Waals surface area contributed by atoms with Crippen LogP contribution in [-0.4, -0.2) is 73.8 Å². The van der Waals surface area contributed by atoms with Crippen LogP contribution in [0.1, 0.15) is 35.6 Å². The molecule has 1 saturated heterocycles. The molecule has 1 amide bonds. The lowest BCUT2D eigenvalue weighted by Crippen LogP contribution is -2.45. The van der Waals surface area contributed by atoms with Gasteiger partial charge in [0.05, 0.1) is 14.2 Å². The largest absolute Gasteiger partial charge is 0.495 e. The van der Waals surface area contributed by atoms with Gasteiger partial charge in [-0.1, -0.05) is 36.4 Å². The number of likely N-dealkylation sites (N-methyl/N-ethyl adjacent to an activating group) is 1. The number of thioether (sulfide) groups is 1. The summed E-state index contributed by atoms with van der Waals surface area (Å²) in [4.78, 5) is 17.8. The number of aliphatic hydroxyl groups excluding tert-OH is 1. The number of amides is 1. The second-order valence-electron chi connectivity index (χ2n) is 10.9. The highest BCUT2D eigenvalue weighted by Crippen LogP contribution is 2.46. The van der Waals surface area contributed by atoms with E-state index in [0.29, 0.717) is 42.4 Å². The van der Waals surface area contributed by atoms with Gasteiger partial charge in [-0.3, -0.25) is 10.1 Å². The van der Waals surface area contributed by atoms with Crippen LogP contribution in [0.5, 0.6) is 11.5 Å². The molecule has 1 aliphatic heterocycles. The minimum Gasteiger partial charge on any atom is -0.495 e. The predicted molar refractivity (Wildman–Crippen MR) is 171 cm³/mol. The molecule has 0 radical (unpaired) electrons. The lowest BCUT2D eigenvalue weighted by atomic mass is 10.00. The summed E-state index contributed by atoms with van der Waals surface area (Å²) >= 11 is 1.12. The van der Waals surface area contributed by atoms with Crippen LogP contribution in [0.2, 0.25) is 0 Å². The van der Waals surface area contributed by atoms with Crippen molar-refractivity contribution in [2.75, 3.05) is 47.4 Å². The molecule has 1 aliphatic carbocycles. The molecule has 0 aromatic heterocycles. The molecule has 0 spiro atoms. The van der Waals surface area contributed by atoms with E-state index in [9.17, 15) is 14.3 Å². The summed E-state index contributed by atoms with van der Waals surface area (Å²) in [5, 5.41) is 14.0. The van der Waals surface area contributed by atoms with Crippen molar-refractivity contribution in [3.05, 3.63) is 94.3 Å². The van der Waals surface area contributed by atoms with Gasteiger partial charge in [0, 0.05) is 39.1 Å². The van der Waals surface area contributed by atoms with E-state index < -0.39 is 6.23 Å². The highest BCUT2D eigenvalue weighted by Gasteiger charge is 2.27. The zero-order valence-corrected chi connectivity index (χ0v) is 25.8. The van der Waals surface area contributed by atoms with E-state index in [4.69, 9.17) is 9.47 Å². The maximum absolute atomic E-state index is 14.4. The SMILES string of the molecule is COc1cc(/C=C2/C(C)=C(CC(O)NCc3ccccc3)c3cc(F)ccc32)cc(OC)c1SC(=O)N1CCN(C)CC1. The molecule has 1 heterocycles. The van der Waals surface area contributed by atoms with Gasteiger partial charge in [-0.15, -0.1) is 0 Å². The molecule has 2 aliphatic rings. The second kappa shape index (κ2) is 13.8. The first-order chi connectivity index (χ1) is 20.8. The van der Waals surface area contributed by atoms with Crippen LogP contribution < -0.4 is 14.8 Å². The number of nitrogens with zero attached hydrogens (tertiary/aromatic N) is 2. The number of rotatable bonds is 9. The Morgan fingerprint density at radius 2 is 1.70 bits per heavy atom. The number of methoxy groups -OCH3 is 2. The summed E-state index contributed by atoms with van der Waals surface area (Å²) in [5.41, 5.74) is 6.33. The third-order valence-corrected chi connectivity index (χ3v) is 9.02. The summed E-state index contributed by atoms with van der Waals surface area (Å²) < 4.78 is 25.9. The van der Waals surface area contributed by atoms with Crippen LogP contribution >= 0.6 is 11.8 Å². The molecule has 0 saturated carbocycles. The minimum absolute atomic E-state index is 0.0367. The molecule has 1 unspecified atom stereocenters. The molecule has 2 N–H and O–H groups in total. The first-order valence-corrected chi connectivity index (χ1v) is 15.2. The molecule has 1 atom stereocenters. The van der Waals surface area contributed by atoms with E-state index in [-0.39, 0.29) is 11.1 Å². The molecule has 9 heteroatoms. The Morgan fingerprint density at radius 3 is 2.35 bits per heavy atom. The minimum atomic E-state index is -0.810. The highest BCUT2D eigenvalue weighted by atomic mass is 32.2. The van der Waals surface area contributed by atoms with Crippen LogP contribution in [0.4, 0.5) is 9.18 Å². The number of halogens is 1. The Labute approximate surface area is 257 Å². The van der Waals surface area contributed by atoms with Gasteiger partial charge in [-0.05, 0) is 95.0 Å². The van der Waals surface area contributed by atoms with Crippen molar-refractivity contribution in [2.45, 2.75) is 31.0 Å². The van der Waals surface area contributed by atoms with E-state index in [1.807, 2.05) is 60.4 Å². The molecule has 1 fully saturated rings. The number of hydrogen-bond donors (Lipinski definition) is 2. The number of fused-ring (bicyclic) bond motifs is 1. The van der Waals surface area contributed by atoms with Crippen molar-refractivity contribution in [3.8, 4) is 11.5 Å². The van der Waals surface area contributed by atoms with Crippen LogP contribution in [0.15, 0.2) is 71.1 Å². The van der Waals surface area contributed by atoms with Crippen molar-refractivity contribution in [2.24, 2.45) is 0 Å². The number of hydrogen-bond acceptors (Lipinski definition) is 7. The Bertz CT molecular complexity index is 1510. The number of nitrogens with one attached hydrogen (secondary N) is 1. The number of piperazine rings is 1. The first-order valence-electron chi connectivity index (χ1n) is 14.4. The lowest BCUT2D eigenvalue weighted by Gasteiger charge is -2.32. The van der Waals surface area contributed by atoms with Crippen LogP contribution in [0.25, 0.3) is 17.2 Å². The van der Waals surface area contributed by atoms with Crippen LogP contribution in [0, 0.1) is 5.82 Å². The average molecular weight is 604 g/mol. The summed E-state index contributed by atoms with van der Waals surface area (Å²) in [5.74, 6) is 0.753. The third-order valence-electron chi connectivity index (χ3n) is 7.98. The van der Waals surface area contributed by atoms with Gasteiger partial charge >= 0.3 is 0 Å². The molecule has 7 nitrogen and oxygen atoms in total. The van der Waals surface area contributed by atoms with Crippen LogP contribution in [-0.2, 0) is 6.54 Å². The number of carbonyl (C=O) groups excluding carboxylic acids is 1. The molecular formula is C34H38FN3O4S. The number of ether oxygens (including phenoxy) is 2. The van der Waals surface area contributed by atoms with Gasteiger partial charge in [0.15, 0.2) is 0 Å². The van der Waals surface area contributed by atoms with Gasteiger partial charge < -0.3 is 24.4 Å². The Kier molecular flexibility index (Phi) is 9.87. The Morgan fingerprint density at radius 1 is 1.02 bits per heavy atom. The van der Waals surface area contributed by atoms with E-state index in [0.717, 1.165) is 63.8 Å². The van der Waals surface area contributed by atoms with Crippen molar-refractivity contribution in [1.29, 1.82) is 0 Å². The van der Waals surface area contributed by atoms with Gasteiger partial charge in [0.2, 0.25) is 0 Å². The van der Waals surface area contributed by atoms with Gasteiger partial charge in [-0.25, -0.2) is 4.39 Å². The van der Waals surface area contributed by atoms with E-state index in [1.165, 1.54) is 12.1 Å². The fraction of sp³-hybridized carbons (Fsp3) is 0.324. The zero-order valence-electron chi connectivity index (χ0n) is 25.0. The smallest absolute Gasteiger partial charge is 0.286 e. The van der Waals surface area contributed by atoms with Crippen molar-refractivity contribution in [1.82, 2.24) is 15.1 Å². The standard InChI is InChI=1S/C34H38FN3O4S/c1-22-27(26-11-10-25(35)19-29(26)28(22)20-32(39)36-21-23-8-6-5-7-9-23)16-24-17-30(41-3)33(31(18-24)42-4)43-34(40)38-14-12-37(2)13-15-38/h5-11,16-19,32,36,39H,12-15,20-21H2,1-4H3/b27-16-. The molecule has 0 bridgehead atoms. The maximum atomic E-state index is 14.4. The maximum Gasteiger partial charge on any atom is 0.286 e. The fourth-order valence-corrected chi connectivity index (χ4v) is 6.48. The van der Waals surface area contributed by atoms with E-state index in [1.54, 1.807) is 20.3 Å². The summed E-state index contributed by atoms with van der Waals surface area (Å²) in [7, 11) is 5.21. The number of benzene rings is 3. The summed E-state index contributed by atoms with van der Waals surface area (Å²) in [6.45, 7) is 5.56. The molecule has 226 valence electrons. The quantitative estimate of drug-likeness (QED) is 0.225. The zero-order chi connectivity index (χ0) is 30.5. The third kappa shape index (κ3) is 7.13. The predicted octanol–water partition coefficient (Wildman–Crippen LogP) is 6.13. The van der Waals surface area contributed by atoms with Crippen LogP contribution in [0.3, 0.4) is 0 Å². The number of carbonyl (C=O) groups is 1. The number of aliphatic hydroxyl groups is 1. The highest BCUT2D eigenvalue weighted by molar-refractivity contribution is 8.13. The summed E-state index contributed by atoms with van der Waals surface area (Å²) in [6, 6.07) is 18.4. The van der Waals surface area contributed by atoms with Gasteiger partial charge in [0.25, 0.3) is 5.24 Å². The molecule has 3 aromatic rings. The first kappa shape index (κ1) is 30.8. The second-order valence-corrected chi connectivity index (χ2v) is 11.8. The normalized spacial score (nSPS) is 16.9. The monoisotopic (exact) mass is 603 g/mol. The molecule has 3 aromatic carbocycles. The molecule has 43 heavy (non-hydrogen) atoms. The van der Waals surface area contributed by atoms with E-state index in [2.05, 4.69) is 17.3 Å². The Hall–Kier alpha value is -3.63. The molecular weight excluding hydrogens is 565 g/mol. The van der Waals surface area contributed by atoms with Crippen molar-refractivity contribution < 1.29 is 23.8 Å². The number of allylic oxidation sites excluding steroid dienone is 2. The lowest BCUT2D eigenvalue weighted by molar-refractivity contribution is 0.140. The summed E-state index contributed by atoms with van der Waals surface area (Å²) in [6.07, 6.45) is 1.53.